The van der Waals surface area contributed by atoms with Crippen molar-refractivity contribution in [2.24, 2.45) is 0 Å². The zero-order valence-electron chi connectivity index (χ0n) is 19.5. The van der Waals surface area contributed by atoms with E-state index in [4.69, 9.17) is 5.11 Å². The second kappa shape index (κ2) is 10.4. The average molecular weight is 508 g/mol. The minimum atomic E-state index is -3.88. The van der Waals surface area contributed by atoms with Gasteiger partial charge < -0.3 is 15.1 Å². The number of benzene rings is 3. The third-order valence-electron chi connectivity index (χ3n) is 5.95. The summed E-state index contributed by atoms with van der Waals surface area (Å²) in [5.41, 5.74) is 2.50. The minimum Gasteiger partial charge on any atom is -0.480 e. The Morgan fingerprint density at radius 1 is 0.917 bits per heavy atom. The van der Waals surface area contributed by atoms with E-state index in [9.17, 15) is 23.1 Å². The summed E-state index contributed by atoms with van der Waals surface area (Å²) in [5.74, 6) is 3.88. The molecule has 0 aliphatic carbocycles. The van der Waals surface area contributed by atoms with E-state index in [1.54, 1.807) is 18.2 Å². The van der Waals surface area contributed by atoms with Crippen molar-refractivity contribution >= 4 is 38.6 Å². The van der Waals surface area contributed by atoms with Crippen LogP contribution in [0.4, 0.5) is 5.69 Å². The zero-order valence-corrected chi connectivity index (χ0v) is 20.3. The lowest BCUT2D eigenvalue weighted by Crippen LogP contribution is -2.54. The summed E-state index contributed by atoms with van der Waals surface area (Å²) in [7, 11) is -3.88. The summed E-state index contributed by atoms with van der Waals surface area (Å²) in [6.07, 6.45) is 0. The van der Waals surface area contributed by atoms with Crippen LogP contribution in [0, 0.1) is 11.8 Å². The number of fused-ring (bicyclic) bond motifs is 1. The van der Waals surface area contributed by atoms with Gasteiger partial charge >= 0.3 is 11.9 Å². The van der Waals surface area contributed by atoms with Gasteiger partial charge in [-0.15, -0.1) is 0 Å². The monoisotopic (exact) mass is 507 g/mol. The van der Waals surface area contributed by atoms with Gasteiger partial charge in [0.15, 0.2) is 0 Å². The molecule has 0 spiro atoms. The number of aliphatic carboxylic acids is 1. The Kier molecular flexibility index (Phi) is 7.26. The van der Waals surface area contributed by atoms with Crippen LogP contribution in [0.15, 0.2) is 60.7 Å². The van der Waals surface area contributed by atoms with Crippen LogP contribution in [0.5, 0.6) is 0 Å². The largest absolute Gasteiger partial charge is 0.480 e. The van der Waals surface area contributed by atoms with Gasteiger partial charge in [-0.2, -0.15) is 17.4 Å². The topological polar surface area (TPSA) is 127 Å². The summed E-state index contributed by atoms with van der Waals surface area (Å²) in [4.78, 5) is 24.7. The number of aromatic carboxylic acids is 1. The van der Waals surface area contributed by atoms with Crippen molar-refractivity contribution < 1.29 is 28.2 Å². The fourth-order valence-corrected chi connectivity index (χ4v) is 5.34. The van der Waals surface area contributed by atoms with Crippen molar-refractivity contribution in [1.29, 1.82) is 0 Å². The molecule has 186 valence electrons. The molecule has 3 aromatic carbocycles. The molecule has 0 bridgehead atoms. The van der Waals surface area contributed by atoms with Gasteiger partial charge in [-0.1, -0.05) is 36.1 Å². The van der Waals surface area contributed by atoms with Crippen LogP contribution in [0.2, 0.25) is 0 Å². The molecule has 1 fully saturated rings. The molecule has 0 amide bonds. The van der Waals surface area contributed by atoms with Crippen LogP contribution in [-0.2, 0) is 15.0 Å². The second-order valence-corrected chi connectivity index (χ2v) is 10.1. The van der Waals surface area contributed by atoms with E-state index >= 15 is 0 Å². The first-order chi connectivity index (χ1) is 17.1. The number of rotatable bonds is 6. The van der Waals surface area contributed by atoms with Crippen LogP contribution in [0.25, 0.3) is 10.8 Å². The maximum Gasteiger partial charge on any atom is 0.336 e. The summed E-state index contributed by atoms with van der Waals surface area (Å²) < 4.78 is 28.2. The first-order valence-electron chi connectivity index (χ1n) is 11.3. The molecule has 0 aromatic heterocycles. The molecule has 3 aromatic rings. The predicted molar refractivity (Wildman–Crippen MR) is 136 cm³/mol. The van der Waals surface area contributed by atoms with Gasteiger partial charge in [0.1, 0.15) is 6.04 Å². The number of carboxylic acid groups (broad SMARTS) is 2. The van der Waals surface area contributed by atoms with E-state index in [1.165, 1.54) is 11.2 Å². The second-order valence-electron chi connectivity index (χ2n) is 8.42. The standard InChI is InChI=1S/C26H25N3O6S/c1-18(25(30)31)27-36(34,35)29-14-12-28(13-15-29)22-10-8-19(9-11-22)6-7-20-16-21-4-2-3-5-23(21)24(17-20)26(32)33/h2-5,8-11,16-18,27H,12-15H2,1H3,(H,30,31)(H,32,33)/t18-/m1/s1. The molecule has 0 radical (unpaired) electrons. The van der Waals surface area contributed by atoms with Crippen molar-refractivity contribution in [3.8, 4) is 11.8 Å². The van der Waals surface area contributed by atoms with E-state index in [-0.39, 0.29) is 18.7 Å². The van der Waals surface area contributed by atoms with Crippen LogP contribution >= 0.6 is 0 Å². The highest BCUT2D eigenvalue weighted by Crippen LogP contribution is 2.22. The molecule has 3 N–H and O–H groups in total. The summed E-state index contributed by atoms with van der Waals surface area (Å²) in [6.45, 7) is 2.67. The van der Waals surface area contributed by atoms with Crippen molar-refractivity contribution in [2.45, 2.75) is 13.0 Å². The number of nitrogens with zero attached hydrogens (tertiary/aromatic N) is 2. The van der Waals surface area contributed by atoms with Crippen LogP contribution in [0.3, 0.4) is 0 Å². The van der Waals surface area contributed by atoms with Gasteiger partial charge in [0.05, 0.1) is 5.56 Å². The molecule has 0 unspecified atom stereocenters. The smallest absolute Gasteiger partial charge is 0.336 e. The number of piperazine rings is 1. The molecule has 10 heteroatoms. The van der Waals surface area contributed by atoms with Crippen molar-refractivity contribution in [2.75, 3.05) is 31.1 Å². The molecular weight excluding hydrogens is 482 g/mol. The van der Waals surface area contributed by atoms with Gasteiger partial charge in [0.25, 0.3) is 10.2 Å². The lowest BCUT2D eigenvalue weighted by atomic mass is 10.0. The van der Waals surface area contributed by atoms with E-state index in [2.05, 4.69) is 16.6 Å². The van der Waals surface area contributed by atoms with Gasteiger partial charge in [-0.3, -0.25) is 4.79 Å². The third-order valence-corrected chi connectivity index (χ3v) is 7.65. The highest BCUT2D eigenvalue weighted by atomic mass is 32.2. The molecule has 1 atom stereocenters. The van der Waals surface area contributed by atoms with Gasteiger partial charge in [0.2, 0.25) is 0 Å². The fraction of sp³-hybridized carbons (Fsp3) is 0.231. The fourth-order valence-electron chi connectivity index (χ4n) is 3.99. The highest BCUT2D eigenvalue weighted by molar-refractivity contribution is 7.87. The molecule has 0 saturated carbocycles. The molecule has 9 nitrogen and oxygen atoms in total. The first kappa shape index (κ1) is 25.2. The van der Waals surface area contributed by atoms with Gasteiger partial charge in [-0.25, -0.2) is 4.79 Å². The Morgan fingerprint density at radius 2 is 1.56 bits per heavy atom. The van der Waals surface area contributed by atoms with Crippen molar-refractivity contribution in [3.63, 3.8) is 0 Å². The molecule has 1 aliphatic heterocycles. The number of anilines is 1. The first-order valence-corrected chi connectivity index (χ1v) is 12.7. The van der Waals surface area contributed by atoms with Crippen molar-refractivity contribution in [3.05, 3.63) is 77.4 Å². The molecule has 36 heavy (non-hydrogen) atoms. The molecule has 1 heterocycles. The summed E-state index contributed by atoms with van der Waals surface area (Å²) in [5, 5.41) is 20.0. The molecule has 1 aliphatic rings. The number of hydrogen-bond donors (Lipinski definition) is 3. The van der Waals surface area contributed by atoms with Crippen LogP contribution < -0.4 is 9.62 Å². The maximum atomic E-state index is 12.4. The average Bonchev–Trinajstić information content (AvgIpc) is 2.87. The van der Waals surface area contributed by atoms with E-state index < -0.39 is 28.2 Å². The van der Waals surface area contributed by atoms with Crippen molar-refractivity contribution in [1.82, 2.24) is 9.03 Å². The highest BCUT2D eigenvalue weighted by Gasteiger charge is 2.29. The van der Waals surface area contributed by atoms with Gasteiger partial charge in [0, 0.05) is 43.0 Å². The molecular formula is C26H25N3O6S. The zero-order chi connectivity index (χ0) is 25.9. The molecule has 1 saturated heterocycles. The summed E-state index contributed by atoms with van der Waals surface area (Å²) >= 11 is 0. The lowest BCUT2D eigenvalue weighted by molar-refractivity contribution is -0.138. The molecule has 4 rings (SSSR count). The Labute approximate surface area is 209 Å². The Balaban J connectivity index is 1.43. The minimum absolute atomic E-state index is 0.210. The number of carbonyl (C=O) groups is 2. The number of carboxylic acids is 2. The van der Waals surface area contributed by atoms with E-state index in [0.29, 0.717) is 24.0 Å². The number of nitrogens with one attached hydrogen (secondary N) is 1. The quantitative estimate of drug-likeness (QED) is 0.437. The van der Waals surface area contributed by atoms with Crippen LogP contribution in [0.1, 0.15) is 28.4 Å². The SMILES string of the molecule is C[C@@H](NS(=O)(=O)N1CCN(c2ccc(C#Cc3cc(C(=O)O)c4ccccc4c3)cc2)CC1)C(=O)O. The lowest BCUT2D eigenvalue weighted by Gasteiger charge is -2.35. The Morgan fingerprint density at radius 3 is 2.19 bits per heavy atom. The normalized spacial score (nSPS) is 15.2. The number of hydrogen-bond acceptors (Lipinski definition) is 5. The maximum absolute atomic E-state index is 12.4. The van der Waals surface area contributed by atoms with E-state index in [1.807, 2.05) is 47.4 Å². The third kappa shape index (κ3) is 5.66. The Bertz CT molecular complexity index is 1470. The van der Waals surface area contributed by atoms with Crippen LogP contribution in [-0.4, -0.2) is 67.1 Å². The summed E-state index contributed by atoms with van der Waals surface area (Å²) in [6, 6.07) is 17.1. The Hall–Kier alpha value is -3.91. The van der Waals surface area contributed by atoms with E-state index in [0.717, 1.165) is 16.6 Å². The predicted octanol–water partition coefficient (Wildman–Crippen LogP) is 2.37. The van der Waals surface area contributed by atoms with Gasteiger partial charge in [-0.05, 0) is 54.1 Å².